The Morgan fingerprint density at radius 2 is 1.71 bits per heavy atom. The van der Waals surface area contributed by atoms with Gasteiger partial charge in [0.2, 0.25) is 0 Å². The van der Waals surface area contributed by atoms with Gasteiger partial charge < -0.3 is 14.2 Å². The quantitative estimate of drug-likeness (QED) is 0.679. The van der Waals surface area contributed by atoms with E-state index in [9.17, 15) is 0 Å². The number of halogens is 1. The highest BCUT2D eigenvalue weighted by atomic mass is 79.9. The Morgan fingerprint density at radius 1 is 1.07 bits per heavy atom. The van der Waals surface area contributed by atoms with Crippen LogP contribution in [0, 0.1) is 0 Å². The van der Waals surface area contributed by atoms with E-state index in [4.69, 9.17) is 14.2 Å². The second-order valence-corrected chi connectivity index (χ2v) is 5.58. The van der Waals surface area contributed by atoms with Crippen molar-refractivity contribution in [3.8, 4) is 0 Å². The Bertz CT molecular complexity index is 240. The molecule has 3 nitrogen and oxygen atoms in total. The van der Waals surface area contributed by atoms with Crippen LogP contribution in [0.3, 0.4) is 0 Å². The van der Waals surface area contributed by atoms with Gasteiger partial charge in [-0.25, -0.2) is 0 Å². The molecule has 3 unspecified atom stereocenters. The van der Waals surface area contributed by atoms with Crippen molar-refractivity contribution in [2.24, 2.45) is 0 Å². The highest BCUT2D eigenvalue weighted by Crippen LogP contribution is 2.43. The average molecular weight is 265 g/mol. The van der Waals surface area contributed by atoms with Crippen molar-refractivity contribution >= 4 is 15.9 Å². The first-order valence-corrected chi connectivity index (χ1v) is 6.07. The van der Waals surface area contributed by atoms with E-state index in [0.717, 1.165) is 5.33 Å². The fraction of sp³-hybridized carbons (Fsp3) is 1.00. The molecule has 0 radical (unpaired) electrons. The smallest absolute Gasteiger partial charge is 0.164 e. The Labute approximate surface area is 93.2 Å². The summed E-state index contributed by atoms with van der Waals surface area (Å²) in [6.07, 6.45) is 0.191. The number of fused-ring (bicyclic) bond motifs is 1. The summed E-state index contributed by atoms with van der Waals surface area (Å²) in [7, 11) is 0. The SMILES string of the molecule is CC1(C)OC2C(CBr)OC(C)(C)C2O1. The van der Waals surface area contributed by atoms with E-state index in [0.29, 0.717) is 0 Å². The lowest BCUT2D eigenvalue weighted by atomic mass is 9.99. The summed E-state index contributed by atoms with van der Waals surface area (Å²) in [4.78, 5) is 0. The van der Waals surface area contributed by atoms with Gasteiger partial charge in [-0.05, 0) is 27.7 Å². The summed E-state index contributed by atoms with van der Waals surface area (Å²) in [6, 6.07) is 0. The largest absolute Gasteiger partial charge is 0.366 e. The van der Waals surface area contributed by atoms with Crippen molar-refractivity contribution in [1.82, 2.24) is 0 Å². The molecule has 0 aromatic heterocycles. The third-order valence-corrected chi connectivity index (χ3v) is 3.43. The summed E-state index contributed by atoms with van der Waals surface area (Å²) in [6.45, 7) is 8.01. The molecule has 0 amide bonds. The number of alkyl halides is 1. The Kier molecular flexibility index (Phi) is 2.46. The molecule has 2 fully saturated rings. The topological polar surface area (TPSA) is 27.7 Å². The standard InChI is InChI=1S/C10H17BrO3/c1-9(2)8-7(6(5-11)12-9)13-10(3,4)14-8/h6-8H,5H2,1-4H3. The normalized spacial score (nSPS) is 43.9. The van der Waals surface area contributed by atoms with Gasteiger partial charge in [0.25, 0.3) is 0 Å². The maximum Gasteiger partial charge on any atom is 0.164 e. The first-order chi connectivity index (χ1) is 6.36. The molecule has 0 spiro atoms. The van der Waals surface area contributed by atoms with Crippen LogP contribution in [0.1, 0.15) is 27.7 Å². The van der Waals surface area contributed by atoms with Gasteiger partial charge in [-0.1, -0.05) is 15.9 Å². The second-order valence-electron chi connectivity index (χ2n) is 4.93. The lowest BCUT2D eigenvalue weighted by molar-refractivity contribution is -0.199. The fourth-order valence-electron chi connectivity index (χ4n) is 2.24. The van der Waals surface area contributed by atoms with Crippen molar-refractivity contribution in [3.05, 3.63) is 0 Å². The monoisotopic (exact) mass is 264 g/mol. The van der Waals surface area contributed by atoms with Crippen LogP contribution in [0.5, 0.6) is 0 Å². The predicted molar refractivity (Wildman–Crippen MR) is 56.6 cm³/mol. The van der Waals surface area contributed by atoms with Gasteiger partial charge in [0, 0.05) is 5.33 Å². The minimum atomic E-state index is -0.475. The highest BCUT2D eigenvalue weighted by Gasteiger charge is 2.58. The van der Waals surface area contributed by atoms with Crippen LogP contribution in [0.25, 0.3) is 0 Å². The van der Waals surface area contributed by atoms with Crippen LogP contribution in [0.15, 0.2) is 0 Å². The van der Waals surface area contributed by atoms with Gasteiger partial charge in [-0.2, -0.15) is 0 Å². The number of hydrogen-bond donors (Lipinski definition) is 0. The fourth-order valence-corrected chi connectivity index (χ4v) is 2.74. The first kappa shape index (κ1) is 10.9. The van der Waals surface area contributed by atoms with E-state index >= 15 is 0 Å². The molecule has 0 aromatic rings. The molecule has 4 heteroatoms. The molecule has 2 heterocycles. The molecule has 0 bridgehead atoms. The van der Waals surface area contributed by atoms with Gasteiger partial charge in [0.15, 0.2) is 5.79 Å². The highest BCUT2D eigenvalue weighted by molar-refractivity contribution is 9.09. The molecule has 0 aliphatic carbocycles. The van der Waals surface area contributed by atoms with Gasteiger partial charge in [0.05, 0.1) is 11.7 Å². The Hall–Kier alpha value is 0.360. The molecule has 82 valence electrons. The predicted octanol–water partition coefficient (Wildman–Crippen LogP) is 2.08. The van der Waals surface area contributed by atoms with Gasteiger partial charge in [0.1, 0.15) is 12.2 Å². The van der Waals surface area contributed by atoms with E-state index in [1.807, 2.05) is 13.8 Å². The molecule has 2 rings (SSSR count). The molecular weight excluding hydrogens is 248 g/mol. The number of rotatable bonds is 1. The van der Waals surface area contributed by atoms with Crippen molar-refractivity contribution < 1.29 is 14.2 Å². The molecule has 2 aliphatic rings. The molecule has 3 atom stereocenters. The molecule has 0 N–H and O–H groups in total. The lowest BCUT2D eigenvalue weighted by Gasteiger charge is -2.27. The van der Waals surface area contributed by atoms with Gasteiger partial charge in [-0.3, -0.25) is 0 Å². The summed E-state index contributed by atoms with van der Waals surface area (Å²) in [5, 5.41) is 0.789. The van der Waals surface area contributed by atoms with Gasteiger partial charge >= 0.3 is 0 Å². The molecule has 0 saturated carbocycles. The van der Waals surface area contributed by atoms with E-state index in [1.54, 1.807) is 0 Å². The second kappa shape index (κ2) is 3.17. The summed E-state index contributed by atoms with van der Waals surface area (Å²) in [5.74, 6) is -0.475. The third-order valence-electron chi connectivity index (χ3n) is 2.79. The minimum absolute atomic E-state index is 0.0417. The molecule has 14 heavy (non-hydrogen) atoms. The lowest BCUT2D eigenvalue weighted by Crippen LogP contribution is -2.37. The summed E-state index contributed by atoms with van der Waals surface area (Å²) < 4.78 is 17.5. The third kappa shape index (κ3) is 1.62. The van der Waals surface area contributed by atoms with Gasteiger partial charge in [-0.15, -0.1) is 0 Å². The zero-order chi connectivity index (χ0) is 10.6. The number of hydrogen-bond acceptors (Lipinski definition) is 3. The molecule has 2 saturated heterocycles. The Morgan fingerprint density at radius 3 is 2.29 bits per heavy atom. The van der Waals surface area contributed by atoms with E-state index < -0.39 is 5.79 Å². The van der Waals surface area contributed by atoms with E-state index in [-0.39, 0.29) is 23.9 Å². The average Bonchev–Trinajstić information content (AvgIpc) is 2.46. The minimum Gasteiger partial charge on any atom is -0.366 e. The van der Waals surface area contributed by atoms with Crippen LogP contribution >= 0.6 is 15.9 Å². The first-order valence-electron chi connectivity index (χ1n) is 4.95. The van der Waals surface area contributed by atoms with Crippen molar-refractivity contribution in [2.45, 2.75) is 57.4 Å². The van der Waals surface area contributed by atoms with Crippen LogP contribution in [0.2, 0.25) is 0 Å². The van der Waals surface area contributed by atoms with Crippen molar-refractivity contribution in [1.29, 1.82) is 0 Å². The number of ether oxygens (including phenoxy) is 3. The molecule has 0 aromatic carbocycles. The molecular formula is C10H17BrO3. The van der Waals surface area contributed by atoms with Crippen LogP contribution in [0.4, 0.5) is 0 Å². The summed E-state index contributed by atoms with van der Waals surface area (Å²) in [5.41, 5.74) is -0.253. The van der Waals surface area contributed by atoms with E-state index in [2.05, 4.69) is 29.8 Å². The zero-order valence-electron chi connectivity index (χ0n) is 9.04. The Balaban J connectivity index is 2.21. The maximum absolute atomic E-state index is 5.86. The van der Waals surface area contributed by atoms with Crippen molar-refractivity contribution in [2.75, 3.05) is 5.33 Å². The van der Waals surface area contributed by atoms with Crippen molar-refractivity contribution in [3.63, 3.8) is 0 Å². The maximum atomic E-state index is 5.86. The van der Waals surface area contributed by atoms with Crippen LogP contribution in [-0.2, 0) is 14.2 Å². The zero-order valence-corrected chi connectivity index (χ0v) is 10.6. The molecule has 2 aliphatic heterocycles. The van der Waals surface area contributed by atoms with Crippen LogP contribution in [-0.4, -0.2) is 35.0 Å². The van der Waals surface area contributed by atoms with E-state index in [1.165, 1.54) is 0 Å². The van der Waals surface area contributed by atoms with Crippen LogP contribution < -0.4 is 0 Å². The summed E-state index contributed by atoms with van der Waals surface area (Å²) >= 11 is 3.44.